The van der Waals surface area contributed by atoms with E-state index in [1.54, 1.807) is 19.9 Å². The van der Waals surface area contributed by atoms with Crippen LogP contribution in [0.3, 0.4) is 0 Å². The molecule has 0 amide bonds. The molecule has 1 aliphatic heterocycles. The van der Waals surface area contributed by atoms with Crippen LogP contribution in [0.1, 0.15) is 13.8 Å². The third-order valence-electron chi connectivity index (χ3n) is 2.98. The highest BCUT2D eigenvalue weighted by Crippen LogP contribution is 2.33. The zero-order valence-corrected chi connectivity index (χ0v) is 13.0. The Kier molecular flexibility index (Phi) is 4.26. The third kappa shape index (κ3) is 3.65. The van der Waals surface area contributed by atoms with E-state index in [9.17, 15) is 10.1 Å². The zero-order chi connectivity index (χ0) is 14.9. The van der Waals surface area contributed by atoms with Crippen LogP contribution in [0.25, 0.3) is 0 Å². The van der Waals surface area contributed by atoms with Crippen LogP contribution in [0, 0.1) is 16.0 Å². The maximum Gasteiger partial charge on any atom is 0.387 e. The highest BCUT2D eigenvalue weighted by molar-refractivity contribution is 9.10. The minimum atomic E-state index is -0.649. The van der Waals surface area contributed by atoms with Gasteiger partial charge in [-0.3, -0.25) is 0 Å². The second kappa shape index (κ2) is 5.63. The standard InChI is InChI=1S/C12H17BrN4O3/c1-12(2,14)20-7-8-5-16(6-8)10-3-9(13)4-15-11(10)17(18)19/h3-4,8H,5-7,14H2,1-2H3. The van der Waals surface area contributed by atoms with Crippen molar-refractivity contribution in [1.29, 1.82) is 0 Å². The lowest BCUT2D eigenvalue weighted by Crippen LogP contribution is -2.51. The summed E-state index contributed by atoms with van der Waals surface area (Å²) in [5.74, 6) is 0.211. The number of halogens is 1. The lowest BCUT2D eigenvalue weighted by molar-refractivity contribution is -0.388. The summed E-state index contributed by atoms with van der Waals surface area (Å²) in [6.45, 7) is 5.55. The maximum atomic E-state index is 11.0. The fourth-order valence-corrected chi connectivity index (χ4v) is 2.32. The van der Waals surface area contributed by atoms with Gasteiger partial charge in [-0.15, -0.1) is 0 Å². The topological polar surface area (TPSA) is 94.5 Å². The number of nitro groups is 1. The first-order chi connectivity index (χ1) is 9.26. The Balaban J connectivity index is 1.99. The van der Waals surface area contributed by atoms with Crippen molar-refractivity contribution in [2.45, 2.75) is 19.6 Å². The monoisotopic (exact) mass is 344 g/mol. The molecule has 0 atom stereocenters. The fourth-order valence-electron chi connectivity index (χ4n) is 2.00. The maximum absolute atomic E-state index is 11.0. The Morgan fingerprint density at radius 3 is 2.85 bits per heavy atom. The number of hydrogen-bond acceptors (Lipinski definition) is 6. The van der Waals surface area contributed by atoms with Crippen molar-refractivity contribution in [3.8, 4) is 0 Å². The number of ether oxygens (including phenoxy) is 1. The summed E-state index contributed by atoms with van der Waals surface area (Å²) < 4.78 is 6.23. The molecule has 1 aliphatic rings. The number of pyridine rings is 1. The average molecular weight is 345 g/mol. The summed E-state index contributed by atoms with van der Waals surface area (Å²) in [6, 6.07) is 1.72. The normalized spacial score (nSPS) is 16.1. The van der Waals surface area contributed by atoms with Crippen molar-refractivity contribution in [2.24, 2.45) is 11.7 Å². The Morgan fingerprint density at radius 1 is 1.65 bits per heavy atom. The first-order valence-corrected chi connectivity index (χ1v) is 7.03. The highest BCUT2D eigenvalue weighted by Gasteiger charge is 2.33. The van der Waals surface area contributed by atoms with Gasteiger partial charge >= 0.3 is 5.82 Å². The minimum absolute atomic E-state index is 0.119. The molecular weight excluding hydrogens is 328 g/mol. The molecule has 1 aromatic heterocycles. The van der Waals surface area contributed by atoms with Crippen molar-refractivity contribution >= 4 is 27.4 Å². The summed E-state index contributed by atoms with van der Waals surface area (Å²) in [5, 5.41) is 11.0. The molecule has 8 heteroatoms. The Bertz CT molecular complexity index is 512. The first-order valence-electron chi connectivity index (χ1n) is 6.24. The van der Waals surface area contributed by atoms with Gasteiger partial charge in [0, 0.05) is 19.0 Å². The van der Waals surface area contributed by atoms with E-state index in [0.29, 0.717) is 31.3 Å². The van der Waals surface area contributed by atoms with Crippen molar-refractivity contribution in [2.75, 3.05) is 24.6 Å². The second-order valence-electron chi connectivity index (χ2n) is 5.44. The highest BCUT2D eigenvalue weighted by atomic mass is 79.9. The van der Waals surface area contributed by atoms with Gasteiger partial charge in [-0.2, -0.15) is 0 Å². The van der Waals surface area contributed by atoms with Crippen LogP contribution >= 0.6 is 15.9 Å². The minimum Gasteiger partial charge on any atom is -0.364 e. The Hall–Kier alpha value is -1.25. The van der Waals surface area contributed by atoms with E-state index in [-0.39, 0.29) is 5.82 Å². The number of aromatic nitrogens is 1. The number of nitrogens with zero attached hydrogens (tertiary/aromatic N) is 3. The van der Waals surface area contributed by atoms with Gasteiger partial charge in [0.05, 0.1) is 11.1 Å². The van der Waals surface area contributed by atoms with E-state index in [0.717, 1.165) is 4.47 Å². The second-order valence-corrected chi connectivity index (χ2v) is 6.35. The van der Waals surface area contributed by atoms with Crippen LogP contribution in [0.5, 0.6) is 0 Å². The average Bonchev–Trinajstić information content (AvgIpc) is 2.24. The number of anilines is 1. The summed E-state index contributed by atoms with van der Waals surface area (Å²) in [4.78, 5) is 16.3. The van der Waals surface area contributed by atoms with Gasteiger partial charge < -0.3 is 25.5 Å². The number of rotatable bonds is 5. The molecule has 0 aromatic carbocycles. The van der Waals surface area contributed by atoms with Gasteiger partial charge in [0.25, 0.3) is 0 Å². The van der Waals surface area contributed by atoms with Crippen LogP contribution < -0.4 is 10.6 Å². The van der Waals surface area contributed by atoms with Crippen LogP contribution in [0.2, 0.25) is 0 Å². The molecule has 0 unspecified atom stereocenters. The van der Waals surface area contributed by atoms with E-state index in [1.807, 2.05) is 4.90 Å². The van der Waals surface area contributed by atoms with Crippen molar-refractivity contribution < 1.29 is 9.66 Å². The fraction of sp³-hybridized carbons (Fsp3) is 0.583. The van der Waals surface area contributed by atoms with Crippen molar-refractivity contribution in [3.63, 3.8) is 0 Å². The third-order valence-corrected chi connectivity index (χ3v) is 3.41. The molecule has 1 fully saturated rings. The molecule has 0 aliphatic carbocycles. The SMILES string of the molecule is CC(C)(N)OCC1CN(c2cc(Br)cnc2[N+](=O)[O-])C1. The molecule has 2 rings (SSSR count). The smallest absolute Gasteiger partial charge is 0.364 e. The molecule has 110 valence electrons. The summed E-state index contributed by atoms with van der Waals surface area (Å²) in [5.41, 5.74) is 5.64. The molecule has 2 heterocycles. The lowest BCUT2D eigenvalue weighted by atomic mass is 10.0. The Labute approximate surface area is 125 Å². The lowest BCUT2D eigenvalue weighted by Gasteiger charge is -2.41. The molecule has 1 aromatic rings. The van der Waals surface area contributed by atoms with Gasteiger partial charge in [-0.05, 0) is 45.8 Å². The number of nitrogens with two attached hydrogens (primary N) is 1. The summed E-state index contributed by atoms with van der Waals surface area (Å²) >= 11 is 3.29. The van der Waals surface area contributed by atoms with Crippen LogP contribution in [-0.2, 0) is 4.74 Å². The molecule has 1 saturated heterocycles. The quantitative estimate of drug-likeness (QED) is 0.498. The van der Waals surface area contributed by atoms with Gasteiger partial charge in [0.1, 0.15) is 11.4 Å². The van der Waals surface area contributed by atoms with E-state index in [1.165, 1.54) is 6.20 Å². The molecule has 7 nitrogen and oxygen atoms in total. The molecule has 0 spiro atoms. The summed E-state index contributed by atoms with van der Waals surface area (Å²) in [6.07, 6.45) is 1.43. The van der Waals surface area contributed by atoms with Crippen LogP contribution in [0.4, 0.5) is 11.5 Å². The summed E-state index contributed by atoms with van der Waals surface area (Å²) in [7, 11) is 0. The van der Waals surface area contributed by atoms with Crippen LogP contribution in [-0.4, -0.2) is 35.3 Å². The molecule has 20 heavy (non-hydrogen) atoms. The molecule has 0 bridgehead atoms. The Morgan fingerprint density at radius 2 is 2.30 bits per heavy atom. The van der Waals surface area contributed by atoms with Gasteiger partial charge in [-0.25, -0.2) is 0 Å². The first kappa shape index (κ1) is 15.1. The van der Waals surface area contributed by atoms with E-state index in [4.69, 9.17) is 10.5 Å². The van der Waals surface area contributed by atoms with E-state index < -0.39 is 10.6 Å². The van der Waals surface area contributed by atoms with E-state index in [2.05, 4.69) is 20.9 Å². The molecular formula is C12H17BrN4O3. The predicted octanol–water partition coefficient (Wildman–Crippen LogP) is 1.90. The van der Waals surface area contributed by atoms with Crippen molar-refractivity contribution in [1.82, 2.24) is 4.98 Å². The largest absolute Gasteiger partial charge is 0.387 e. The van der Waals surface area contributed by atoms with Crippen molar-refractivity contribution in [3.05, 3.63) is 26.9 Å². The van der Waals surface area contributed by atoms with Gasteiger partial charge in [0.2, 0.25) is 0 Å². The molecule has 0 saturated carbocycles. The number of hydrogen-bond donors (Lipinski definition) is 1. The molecule has 2 N–H and O–H groups in total. The molecule has 0 radical (unpaired) electrons. The van der Waals surface area contributed by atoms with Crippen LogP contribution in [0.15, 0.2) is 16.7 Å². The van der Waals surface area contributed by atoms with E-state index >= 15 is 0 Å². The zero-order valence-electron chi connectivity index (χ0n) is 11.4. The predicted molar refractivity (Wildman–Crippen MR) is 78.5 cm³/mol. The van der Waals surface area contributed by atoms with Gasteiger partial charge in [-0.1, -0.05) is 0 Å². The van der Waals surface area contributed by atoms with Gasteiger partial charge in [0.15, 0.2) is 6.20 Å².